The molecule has 0 saturated heterocycles. The first-order valence-corrected chi connectivity index (χ1v) is 7.07. The lowest BCUT2D eigenvalue weighted by Crippen LogP contribution is -2.19. The molecule has 0 aromatic heterocycles. The Morgan fingerprint density at radius 2 is 1.57 bits per heavy atom. The van der Waals surface area contributed by atoms with E-state index in [2.05, 4.69) is 42.7 Å². The normalized spacial score (nSPS) is 12.1. The fourth-order valence-corrected chi connectivity index (χ4v) is 2.55. The lowest BCUT2D eigenvalue weighted by molar-refractivity contribution is 0.174. The third-order valence-corrected chi connectivity index (χ3v) is 3.31. The van der Waals surface area contributed by atoms with Gasteiger partial charge in [-0.3, -0.25) is 0 Å². The number of rotatable bonds is 2. The van der Waals surface area contributed by atoms with Crippen molar-refractivity contribution >= 4 is 28.7 Å². The number of nitrogens with one attached hydrogen (secondary N) is 2. The molecule has 0 amide bonds. The van der Waals surface area contributed by atoms with E-state index < -0.39 is 0 Å². The molecule has 5 heteroatoms. The molecule has 0 saturated carbocycles. The first-order valence-electron chi connectivity index (χ1n) is 6.66. The third kappa shape index (κ3) is 3.25. The average molecular weight is 300 g/mol. The fourth-order valence-electron chi connectivity index (χ4n) is 2.31. The molecule has 2 aromatic rings. The van der Waals surface area contributed by atoms with Gasteiger partial charge in [0.25, 0.3) is 0 Å². The maximum atomic E-state index is 5.34. The van der Waals surface area contributed by atoms with Crippen LogP contribution in [0.25, 0.3) is 0 Å². The molecule has 1 aliphatic rings. The summed E-state index contributed by atoms with van der Waals surface area (Å²) in [6.07, 6.45) is 0. The van der Waals surface area contributed by atoms with E-state index in [0.717, 1.165) is 22.9 Å². The summed E-state index contributed by atoms with van der Waals surface area (Å²) in [6.45, 7) is 4.39. The molecule has 0 unspecified atom stereocenters. The van der Waals surface area contributed by atoms with Crippen molar-refractivity contribution in [1.29, 1.82) is 0 Å². The summed E-state index contributed by atoms with van der Waals surface area (Å²) in [6, 6.07) is 11.9. The van der Waals surface area contributed by atoms with E-state index in [-0.39, 0.29) is 6.79 Å². The number of hydrogen-bond acceptors (Lipinski definition) is 3. The van der Waals surface area contributed by atoms with Gasteiger partial charge >= 0.3 is 0 Å². The number of benzene rings is 2. The first kappa shape index (κ1) is 13.7. The molecule has 0 atom stereocenters. The van der Waals surface area contributed by atoms with Crippen LogP contribution in [-0.2, 0) is 0 Å². The molecule has 1 heterocycles. The second kappa shape index (κ2) is 5.61. The number of aryl methyl sites for hydroxylation is 2. The highest BCUT2D eigenvalue weighted by atomic mass is 32.1. The number of fused-ring (bicyclic) bond motifs is 1. The van der Waals surface area contributed by atoms with Crippen LogP contribution in [-0.4, -0.2) is 11.9 Å². The molecule has 0 radical (unpaired) electrons. The third-order valence-electron chi connectivity index (χ3n) is 3.11. The molecule has 1 aliphatic heterocycles. The van der Waals surface area contributed by atoms with Gasteiger partial charge in [-0.15, -0.1) is 0 Å². The van der Waals surface area contributed by atoms with Crippen molar-refractivity contribution in [3.05, 3.63) is 47.5 Å². The number of ether oxygens (including phenoxy) is 2. The first-order chi connectivity index (χ1) is 10.1. The van der Waals surface area contributed by atoms with Gasteiger partial charge in [0.05, 0.1) is 0 Å². The Morgan fingerprint density at radius 1 is 0.905 bits per heavy atom. The van der Waals surface area contributed by atoms with Crippen LogP contribution in [0.2, 0.25) is 0 Å². The molecular formula is C16H16N2O2S. The molecule has 0 spiro atoms. The molecule has 3 rings (SSSR count). The van der Waals surface area contributed by atoms with Crippen molar-refractivity contribution in [2.24, 2.45) is 0 Å². The summed E-state index contributed by atoms with van der Waals surface area (Å²) >= 11 is 5.34. The molecule has 2 aromatic carbocycles. The molecule has 0 bridgehead atoms. The molecule has 0 fully saturated rings. The molecule has 4 nitrogen and oxygen atoms in total. The van der Waals surface area contributed by atoms with E-state index in [0.29, 0.717) is 5.11 Å². The second-order valence-electron chi connectivity index (χ2n) is 5.02. The minimum Gasteiger partial charge on any atom is -0.454 e. The van der Waals surface area contributed by atoms with Crippen LogP contribution in [0.15, 0.2) is 36.4 Å². The van der Waals surface area contributed by atoms with Gasteiger partial charge in [0.1, 0.15) is 0 Å². The van der Waals surface area contributed by atoms with Crippen molar-refractivity contribution in [2.45, 2.75) is 13.8 Å². The van der Waals surface area contributed by atoms with Gasteiger partial charge in [0.15, 0.2) is 16.6 Å². The molecule has 21 heavy (non-hydrogen) atoms. The predicted octanol–water partition coefficient (Wildman–Crippen LogP) is 3.84. The summed E-state index contributed by atoms with van der Waals surface area (Å²) in [5.41, 5.74) is 4.23. The second-order valence-corrected chi connectivity index (χ2v) is 5.43. The summed E-state index contributed by atoms with van der Waals surface area (Å²) in [7, 11) is 0. The van der Waals surface area contributed by atoms with Gasteiger partial charge in [-0.05, 0) is 61.5 Å². The quantitative estimate of drug-likeness (QED) is 0.825. The minimum atomic E-state index is 0.268. The van der Waals surface area contributed by atoms with E-state index >= 15 is 0 Å². The van der Waals surface area contributed by atoms with E-state index in [9.17, 15) is 0 Å². The Hall–Kier alpha value is -2.27. The molecule has 108 valence electrons. The zero-order valence-electron chi connectivity index (χ0n) is 11.9. The highest BCUT2D eigenvalue weighted by Gasteiger charge is 2.13. The van der Waals surface area contributed by atoms with Crippen molar-refractivity contribution in [1.82, 2.24) is 0 Å². The summed E-state index contributed by atoms with van der Waals surface area (Å²) in [5.74, 6) is 1.49. The Labute approximate surface area is 129 Å². The van der Waals surface area contributed by atoms with Crippen molar-refractivity contribution < 1.29 is 9.47 Å². The topological polar surface area (TPSA) is 42.5 Å². The zero-order chi connectivity index (χ0) is 14.8. The van der Waals surface area contributed by atoms with E-state index in [4.69, 9.17) is 21.7 Å². The molecule has 2 N–H and O–H groups in total. The number of anilines is 2. The van der Waals surface area contributed by atoms with Crippen LogP contribution in [0.4, 0.5) is 11.4 Å². The summed E-state index contributed by atoms with van der Waals surface area (Å²) < 4.78 is 10.6. The van der Waals surface area contributed by atoms with Crippen LogP contribution in [0.3, 0.4) is 0 Å². The monoisotopic (exact) mass is 300 g/mol. The van der Waals surface area contributed by atoms with E-state index in [1.165, 1.54) is 11.1 Å². The van der Waals surface area contributed by atoms with Crippen molar-refractivity contribution in [3.63, 3.8) is 0 Å². The van der Waals surface area contributed by atoms with Crippen LogP contribution in [0, 0.1) is 13.8 Å². The summed E-state index contributed by atoms with van der Waals surface area (Å²) in [4.78, 5) is 0. The van der Waals surface area contributed by atoms with Gasteiger partial charge in [-0.25, -0.2) is 0 Å². The summed E-state index contributed by atoms with van der Waals surface area (Å²) in [5, 5.41) is 6.87. The number of hydrogen-bond donors (Lipinski definition) is 2. The maximum absolute atomic E-state index is 5.34. The Kier molecular flexibility index (Phi) is 3.66. The average Bonchev–Trinajstić information content (AvgIpc) is 2.84. The van der Waals surface area contributed by atoms with Crippen LogP contribution in [0.5, 0.6) is 11.5 Å². The van der Waals surface area contributed by atoms with Crippen molar-refractivity contribution in [3.8, 4) is 11.5 Å². The lowest BCUT2D eigenvalue weighted by Gasteiger charge is -2.12. The lowest BCUT2D eigenvalue weighted by atomic mass is 10.1. The largest absolute Gasteiger partial charge is 0.454 e. The standard InChI is InChI=1S/C16H16N2O2S/c1-10-5-11(2)7-13(6-10)18-16(21)17-12-3-4-14-15(8-12)20-9-19-14/h3-8H,9H2,1-2H3,(H2,17,18,21). The molecule has 0 aliphatic carbocycles. The minimum absolute atomic E-state index is 0.268. The van der Waals surface area contributed by atoms with Gasteiger partial charge < -0.3 is 20.1 Å². The van der Waals surface area contributed by atoms with Gasteiger partial charge in [-0.2, -0.15) is 0 Å². The smallest absolute Gasteiger partial charge is 0.231 e. The van der Waals surface area contributed by atoms with Crippen molar-refractivity contribution in [2.75, 3.05) is 17.4 Å². The number of thiocarbonyl (C=S) groups is 1. The van der Waals surface area contributed by atoms with E-state index in [1.807, 2.05) is 18.2 Å². The Balaban J connectivity index is 1.69. The van der Waals surface area contributed by atoms with Crippen LogP contribution >= 0.6 is 12.2 Å². The highest BCUT2D eigenvalue weighted by molar-refractivity contribution is 7.80. The SMILES string of the molecule is Cc1cc(C)cc(NC(=S)Nc2ccc3c(c2)OCO3)c1. The Morgan fingerprint density at radius 3 is 2.33 bits per heavy atom. The van der Waals surface area contributed by atoms with Crippen LogP contribution in [0.1, 0.15) is 11.1 Å². The van der Waals surface area contributed by atoms with Gasteiger partial charge in [0, 0.05) is 17.4 Å². The van der Waals surface area contributed by atoms with Crippen LogP contribution < -0.4 is 20.1 Å². The Bertz CT molecular complexity index is 680. The fraction of sp³-hybridized carbons (Fsp3) is 0.188. The zero-order valence-corrected chi connectivity index (χ0v) is 12.7. The van der Waals surface area contributed by atoms with E-state index in [1.54, 1.807) is 0 Å². The van der Waals surface area contributed by atoms with Gasteiger partial charge in [0.2, 0.25) is 6.79 Å². The highest BCUT2D eigenvalue weighted by Crippen LogP contribution is 2.34. The molecular weight excluding hydrogens is 284 g/mol. The predicted molar refractivity (Wildman–Crippen MR) is 88.3 cm³/mol. The van der Waals surface area contributed by atoms with Gasteiger partial charge in [-0.1, -0.05) is 6.07 Å². The maximum Gasteiger partial charge on any atom is 0.231 e.